The summed E-state index contributed by atoms with van der Waals surface area (Å²) in [4.78, 5) is 34.6. The molecule has 0 bridgehead atoms. The lowest BCUT2D eigenvalue weighted by Crippen LogP contribution is -2.46. The molecule has 1 aromatic rings. The number of ether oxygens (including phenoxy) is 1. The molecule has 1 N–H and O–H groups in total. The molecule has 0 saturated heterocycles. The first kappa shape index (κ1) is 43.8. The number of rotatable bonds is 30. The molecule has 0 heterocycles. The quantitative estimate of drug-likeness (QED) is 0.0290. The van der Waals surface area contributed by atoms with Crippen LogP contribution in [-0.4, -0.2) is 76.9 Å². The van der Waals surface area contributed by atoms with Gasteiger partial charge < -0.3 is 9.63 Å². The Balaban J connectivity index is 2.40. The van der Waals surface area contributed by atoms with E-state index in [0.29, 0.717) is 6.61 Å². The summed E-state index contributed by atoms with van der Waals surface area (Å²) in [6.07, 6.45) is 20.2. The summed E-state index contributed by atoms with van der Waals surface area (Å²) >= 11 is 0. The van der Waals surface area contributed by atoms with Crippen LogP contribution >= 0.6 is 8.17 Å². The SMILES string of the molecule is C=CC(=O)[N+](C)(C)CCO[P+]([O-])(O)OC[C@@H](COCCCCCCCCCCCCCCCCCC)OS(=O)(=O)c1ccc(C)cc1. The second kappa shape index (κ2) is 24.8. The second-order valence-corrected chi connectivity index (χ2v) is 15.9. The first-order chi connectivity index (χ1) is 22.3. The van der Waals surface area contributed by atoms with Gasteiger partial charge in [0.15, 0.2) is 0 Å². The number of unbranched alkanes of at least 4 members (excludes halogenated alkanes) is 15. The van der Waals surface area contributed by atoms with E-state index < -0.39 is 31.0 Å². The van der Waals surface area contributed by atoms with E-state index in [1.54, 1.807) is 26.2 Å². The summed E-state index contributed by atoms with van der Waals surface area (Å²) in [5.41, 5.74) is 0.890. The molecule has 0 aliphatic rings. The zero-order valence-electron chi connectivity index (χ0n) is 29.5. The van der Waals surface area contributed by atoms with Crippen molar-refractivity contribution < 1.29 is 45.4 Å². The van der Waals surface area contributed by atoms with Gasteiger partial charge in [-0.2, -0.15) is 22.4 Å². The van der Waals surface area contributed by atoms with Crippen molar-refractivity contribution in [2.24, 2.45) is 0 Å². The molecular formula is C35H63NO9PS+. The summed E-state index contributed by atoms with van der Waals surface area (Å²) in [6.45, 7) is 7.10. The minimum atomic E-state index is -4.57. The number of benzene rings is 1. The van der Waals surface area contributed by atoms with E-state index >= 15 is 0 Å². The van der Waals surface area contributed by atoms with Gasteiger partial charge in [-0.1, -0.05) is 128 Å². The Hall–Kier alpha value is -1.27. The molecule has 47 heavy (non-hydrogen) atoms. The monoisotopic (exact) mass is 704 g/mol. The first-order valence-electron chi connectivity index (χ1n) is 17.5. The van der Waals surface area contributed by atoms with Crippen LogP contribution in [0.5, 0.6) is 0 Å². The molecule has 1 unspecified atom stereocenters. The average Bonchev–Trinajstić information content (AvgIpc) is 3.02. The Morgan fingerprint density at radius 1 is 0.851 bits per heavy atom. The Bertz CT molecular complexity index is 1080. The Labute approximate surface area is 286 Å². The molecule has 12 heteroatoms. The summed E-state index contributed by atoms with van der Waals surface area (Å²) in [5, 5.41) is 0. The number of likely N-dealkylation sites (N-methyl/N-ethyl adjacent to an activating group) is 1. The number of phosphoric acid groups is 1. The molecule has 0 saturated carbocycles. The van der Waals surface area contributed by atoms with Crippen LogP contribution in [-0.2, 0) is 32.9 Å². The van der Waals surface area contributed by atoms with Gasteiger partial charge in [-0.05, 0) is 25.5 Å². The van der Waals surface area contributed by atoms with Gasteiger partial charge in [-0.15, -0.1) is 0 Å². The highest BCUT2D eigenvalue weighted by Crippen LogP contribution is 2.47. The van der Waals surface area contributed by atoms with Gasteiger partial charge in [-0.25, -0.2) is 4.79 Å². The predicted molar refractivity (Wildman–Crippen MR) is 187 cm³/mol. The van der Waals surface area contributed by atoms with E-state index in [1.807, 2.05) is 6.92 Å². The molecule has 2 atom stereocenters. The average molecular weight is 705 g/mol. The lowest BCUT2D eigenvalue weighted by atomic mass is 10.0. The number of hydrogen-bond acceptors (Lipinski definition) is 9. The van der Waals surface area contributed by atoms with Gasteiger partial charge in [0, 0.05) is 12.7 Å². The third kappa shape index (κ3) is 21.4. The Morgan fingerprint density at radius 3 is 1.83 bits per heavy atom. The zero-order valence-corrected chi connectivity index (χ0v) is 31.2. The number of quaternary nitrogens is 1. The van der Waals surface area contributed by atoms with Gasteiger partial charge in [0.2, 0.25) is 0 Å². The van der Waals surface area contributed by atoms with Gasteiger partial charge in [-0.3, -0.25) is 8.67 Å². The van der Waals surface area contributed by atoms with Crippen molar-refractivity contribution in [2.45, 2.75) is 128 Å². The molecule has 0 aliphatic heterocycles. The van der Waals surface area contributed by atoms with E-state index in [4.69, 9.17) is 18.0 Å². The normalized spacial score (nSPS) is 14.2. The van der Waals surface area contributed by atoms with Crippen LogP contribution in [0.1, 0.15) is 115 Å². The maximum absolute atomic E-state index is 12.9. The van der Waals surface area contributed by atoms with Crippen LogP contribution in [0, 0.1) is 6.92 Å². The molecular weight excluding hydrogens is 641 g/mol. The van der Waals surface area contributed by atoms with E-state index in [9.17, 15) is 23.0 Å². The lowest BCUT2D eigenvalue weighted by Gasteiger charge is -2.27. The van der Waals surface area contributed by atoms with Crippen molar-refractivity contribution in [2.75, 3.05) is 47.1 Å². The smallest absolute Gasteiger partial charge is 0.377 e. The summed E-state index contributed by atoms with van der Waals surface area (Å²) in [6, 6.07) is 6.18. The number of aryl methyl sites for hydroxylation is 1. The zero-order chi connectivity index (χ0) is 35.0. The third-order valence-electron chi connectivity index (χ3n) is 8.12. The molecule has 272 valence electrons. The minimum absolute atomic E-state index is 0.0405. The van der Waals surface area contributed by atoms with Crippen LogP contribution in [0.4, 0.5) is 0 Å². The van der Waals surface area contributed by atoms with Gasteiger partial charge >= 0.3 is 14.1 Å². The molecule has 1 aromatic carbocycles. The third-order valence-corrected chi connectivity index (χ3v) is 10.5. The Morgan fingerprint density at radius 2 is 1.34 bits per heavy atom. The van der Waals surface area contributed by atoms with Crippen LogP contribution < -0.4 is 4.89 Å². The van der Waals surface area contributed by atoms with E-state index in [-0.39, 0.29) is 35.0 Å². The fourth-order valence-corrected chi connectivity index (χ4v) is 6.76. The van der Waals surface area contributed by atoms with E-state index in [1.165, 1.54) is 102 Å². The Kier molecular flexibility index (Phi) is 23.1. The minimum Gasteiger partial charge on any atom is -0.606 e. The second-order valence-electron chi connectivity index (χ2n) is 12.9. The van der Waals surface area contributed by atoms with Crippen LogP contribution in [0.2, 0.25) is 0 Å². The van der Waals surface area contributed by atoms with Gasteiger partial charge in [0.25, 0.3) is 10.1 Å². The first-order valence-corrected chi connectivity index (χ1v) is 20.4. The molecule has 0 aliphatic carbocycles. The van der Waals surface area contributed by atoms with Crippen molar-refractivity contribution in [1.82, 2.24) is 0 Å². The topological polar surface area (TPSA) is 131 Å². The molecule has 0 aromatic heterocycles. The highest BCUT2D eigenvalue weighted by Gasteiger charge is 2.33. The number of amides is 1. The molecule has 0 spiro atoms. The molecule has 1 amide bonds. The van der Waals surface area contributed by atoms with Crippen molar-refractivity contribution in [3.8, 4) is 0 Å². The molecule has 10 nitrogen and oxygen atoms in total. The van der Waals surface area contributed by atoms with Crippen LogP contribution in [0.25, 0.3) is 0 Å². The van der Waals surface area contributed by atoms with Gasteiger partial charge in [0.05, 0.1) is 25.6 Å². The van der Waals surface area contributed by atoms with Crippen molar-refractivity contribution in [3.05, 3.63) is 42.5 Å². The molecule has 1 rings (SSSR count). The van der Waals surface area contributed by atoms with Crippen LogP contribution in [0.3, 0.4) is 0 Å². The largest absolute Gasteiger partial charge is 0.606 e. The van der Waals surface area contributed by atoms with Gasteiger partial charge in [0.1, 0.15) is 25.9 Å². The summed E-state index contributed by atoms with van der Waals surface area (Å²) < 4.78 is 46.9. The highest BCUT2D eigenvalue weighted by atomic mass is 32.2. The highest BCUT2D eigenvalue weighted by molar-refractivity contribution is 7.86. The maximum atomic E-state index is 12.9. The number of phosphoric ester groups is 1. The predicted octanol–water partition coefficient (Wildman–Crippen LogP) is 7.20. The number of nitrogens with zero attached hydrogens (tertiary/aromatic N) is 1. The fourth-order valence-electron chi connectivity index (χ4n) is 4.97. The van der Waals surface area contributed by atoms with E-state index in [2.05, 4.69) is 13.5 Å². The number of carbonyl (C=O) groups excluding carboxylic acids is 1. The number of hydrogen-bond donors (Lipinski definition) is 1. The molecule has 0 radical (unpaired) electrons. The van der Waals surface area contributed by atoms with Crippen molar-refractivity contribution in [3.63, 3.8) is 0 Å². The van der Waals surface area contributed by atoms with E-state index in [0.717, 1.165) is 24.8 Å². The maximum Gasteiger partial charge on any atom is 0.377 e. The molecule has 0 fully saturated rings. The van der Waals surface area contributed by atoms with Crippen LogP contribution in [0.15, 0.2) is 41.8 Å². The number of carbonyl (C=O) groups is 1. The van der Waals surface area contributed by atoms with Crippen molar-refractivity contribution in [1.29, 1.82) is 0 Å². The summed E-state index contributed by atoms with van der Waals surface area (Å²) in [7, 11) is -5.52. The summed E-state index contributed by atoms with van der Waals surface area (Å²) in [5.74, 6) is -0.279. The lowest BCUT2D eigenvalue weighted by molar-refractivity contribution is -0.811. The standard InChI is InChI=1S/C35H62NO9PS/c1-6-8-9-10-11-12-13-14-15-16-17-18-19-20-21-22-28-42-30-33(45-47(40,41)34-25-23-32(3)24-26-34)31-44-46(38,39)43-29-27-36(4,5)35(37)7-2/h7,23-26,33H,2,6,8-22,27-31H2,1,3-5H3/p+1/t33-/m1/s1. The fraction of sp³-hybridized carbons (Fsp3) is 0.743. The van der Waals surface area contributed by atoms with Crippen molar-refractivity contribution >= 4 is 24.2 Å².